The van der Waals surface area contributed by atoms with E-state index < -0.39 is 0 Å². The highest BCUT2D eigenvalue weighted by atomic mass is 16.1. The van der Waals surface area contributed by atoms with Gasteiger partial charge in [-0.2, -0.15) is 0 Å². The molecule has 0 aromatic carbocycles. The molecule has 0 aromatic rings. The van der Waals surface area contributed by atoms with E-state index >= 15 is 0 Å². The van der Waals surface area contributed by atoms with Gasteiger partial charge in [-0.3, -0.25) is 0 Å². The maximum atomic E-state index is 10.6. The van der Waals surface area contributed by atoms with Crippen LogP contribution in [0.2, 0.25) is 0 Å². The third-order valence-corrected chi connectivity index (χ3v) is 5.70. The zero-order chi connectivity index (χ0) is 11.2. The lowest BCUT2D eigenvalue weighted by Crippen LogP contribution is -2.50. The molecule has 3 saturated carbocycles. The van der Waals surface area contributed by atoms with Gasteiger partial charge in [-0.25, -0.2) is 0 Å². The largest absolute Gasteiger partial charge is 0.303 e. The van der Waals surface area contributed by atoms with E-state index in [0.29, 0.717) is 11.3 Å². The molecule has 0 saturated heterocycles. The molecule has 0 aromatic heterocycles. The van der Waals surface area contributed by atoms with Gasteiger partial charge >= 0.3 is 0 Å². The van der Waals surface area contributed by atoms with Crippen LogP contribution in [0.15, 0.2) is 0 Å². The first-order valence-electron chi connectivity index (χ1n) is 7.16. The second kappa shape index (κ2) is 3.85. The highest BCUT2D eigenvalue weighted by molar-refractivity contribution is 5.55. The lowest BCUT2D eigenvalue weighted by Gasteiger charge is -2.59. The Kier molecular flexibility index (Phi) is 2.60. The van der Waals surface area contributed by atoms with E-state index in [0.717, 1.165) is 17.8 Å². The van der Waals surface area contributed by atoms with Crippen LogP contribution in [0.1, 0.15) is 58.3 Å². The maximum absolute atomic E-state index is 10.6. The van der Waals surface area contributed by atoms with E-state index in [2.05, 4.69) is 6.92 Å². The highest BCUT2D eigenvalue weighted by Gasteiger charge is 2.54. The van der Waals surface area contributed by atoms with Crippen LogP contribution in [0.3, 0.4) is 0 Å². The summed E-state index contributed by atoms with van der Waals surface area (Å²) in [5.74, 6) is 3.47. The van der Waals surface area contributed by atoms with E-state index in [1.165, 1.54) is 57.7 Å². The summed E-state index contributed by atoms with van der Waals surface area (Å²) in [6, 6.07) is 0. The van der Waals surface area contributed by atoms with Crippen LogP contribution in [-0.2, 0) is 4.79 Å². The van der Waals surface area contributed by atoms with Crippen molar-refractivity contribution in [2.45, 2.75) is 58.3 Å². The summed E-state index contributed by atoms with van der Waals surface area (Å²) in [5.41, 5.74) is 0.652. The Morgan fingerprint density at radius 3 is 2.12 bits per heavy atom. The van der Waals surface area contributed by atoms with Gasteiger partial charge in [0.2, 0.25) is 0 Å². The zero-order valence-corrected chi connectivity index (χ0v) is 10.5. The molecule has 0 aliphatic heterocycles. The summed E-state index contributed by atoms with van der Waals surface area (Å²) in [7, 11) is 0. The van der Waals surface area contributed by atoms with Crippen LogP contribution in [0.25, 0.3) is 0 Å². The van der Waals surface area contributed by atoms with Gasteiger partial charge in [0.1, 0.15) is 6.29 Å². The van der Waals surface area contributed by atoms with Crippen molar-refractivity contribution in [1.82, 2.24) is 0 Å². The van der Waals surface area contributed by atoms with Gasteiger partial charge in [-0.1, -0.05) is 19.8 Å². The normalized spacial score (nSPS) is 51.8. The Balaban J connectivity index is 1.45. The minimum atomic E-state index is 0.423. The van der Waals surface area contributed by atoms with Crippen LogP contribution in [0.4, 0.5) is 0 Å². The molecular weight excluding hydrogens is 196 g/mol. The van der Waals surface area contributed by atoms with Crippen molar-refractivity contribution in [2.75, 3.05) is 0 Å². The zero-order valence-electron chi connectivity index (χ0n) is 10.5. The highest BCUT2D eigenvalue weighted by Crippen LogP contribution is 2.63. The monoisotopic (exact) mass is 220 g/mol. The van der Waals surface area contributed by atoms with Gasteiger partial charge < -0.3 is 4.79 Å². The van der Waals surface area contributed by atoms with E-state index in [-0.39, 0.29) is 0 Å². The third kappa shape index (κ3) is 1.72. The molecule has 0 unspecified atom stereocenters. The van der Waals surface area contributed by atoms with Crippen molar-refractivity contribution in [3.8, 4) is 0 Å². The second-order valence-corrected chi connectivity index (χ2v) is 6.99. The van der Waals surface area contributed by atoms with Crippen LogP contribution < -0.4 is 0 Å². The molecule has 0 bridgehead atoms. The lowest BCUT2D eigenvalue weighted by molar-refractivity contribution is -0.130. The molecule has 90 valence electrons. The van der Waals surface area contributed by atoms with Gasteiger partial charge in [-0.15, -0.1) is 0 Å². The molecule has 0 atom stereocenters. The first-order chi connectivity index (χ1) is 7.71. The molecule has 0 radical (unpaired) electrons. The first kappa shape index (κ1) is 10.8. The fourth-order valence-corrected chi connectivity index (χ4v) is 4.63. The van der Waals surface area contributed by atoms with Gasteiger partial charge in [-0.05, 0) is 61.7 Å². The lowest BCUT2D eigenvalue weighted by atomic mass is 9.46. The molecular formula is C15H24O. The maximum Gasteiger partial charge on any atom is 0.123 e. The summed E-state index contributed by atoms with van der Waals surface area (Å²) in [6.45, 7) is 2.40. The predicted molar refractivity (Wildman–Crippen MR) is 65.1 cm³/mol. The van der Waals surface area contributed by atoms with Crippen LogP contribution >= 0.6 is 0 Å². The number of hydrogen-bond donors (Lipinski definition) is 0. The van der Waals surface area contributed by atoms with E-state index in [9.17, 15) is 4.79 Å². The molecule has 3 aliphatic rings. The van der Waals surface area contributed by atoms with Crippen molar-refractivity contribution in [3.63, 3.8) is 0 Å². The number of hydrogen-bond acceptors (Lipinski definition) is 1. The molecule has 1 spiro atoms. The second-order valence-electron chi connectivity index (χ2n) is 6.99. The van der Waals surface area contributed by atoms with Gasteiger partial charge in [0.05, 0.1) is 0 Å². The molecule has 1 nitrogen and oxygen atoms in total. The van der Waals surface area contributed by atoms with E-state index in [1.807, 2.05) is 0 Å². The standard InChI is InChI=1S/C15H24O/c1-11-2-4-13(5-3-11)14-8-15(9-14)6-12(7-15)10-16/h10-14H,2-9H2,1H3. The van der Waals surface area contributed by atoms with Gasteiger partial charge in [0.15, 0.2) is 0 Å². The quantitative estimate of drug-likeness (QED) is 0.647. The summed E-state index contributed by atoms with van der Waals surface area (Å²) < 4.78 is 0. The van der Waals surface area contributed by atoms with Gasteiger partial charge in [0.25, 0.3) is 0 Å². The fraction of sp³-hybridized carbons (Fsp3) is 0.933. The summed E-state index contributed by atoms with van der Waals surface area (Å²) >= 11 is 0. The molecule has 1 heteroatoms. The van der Waals surface area contributed by atoms with Crippen molar-refractivity contribution in [3.05, 3.63) is 0 Å². The Hall–Kier alpha value is -0.330. The molecule has 16 heavy (non-hydrogen) atoms. The van der Waals surface area contributed by atoms with E-state index in [4.69, 9.17) is 0 Å². The van der Waals surface area contributed by atoms with Crippen molar-refractivity contribution in [1.29, 1.82) is 0 Å². The third-order valence-electron chi connectivity index (χ3n) is 5.70. The summed E-state index contributed by atoms with van der Waals surface area (Å²) in [4.78, 5) is 10.6. The molecule has 0 heterocycles. The first-order valence-corrected chi connectivity index (χ1v) is 7.16. The van der Waals surface area contributed by atoms with Crippen molar-refractivity contribution >= 4 is 6.29 Å². The topological polar surface area (TPSA) is 17.1 Å². The van der Waals surface area contributed by atoms with Crippen molar-refractivity contribution < 1.29 is 4.79 Å². The molecule has 0 amide bonds. The van der Waals surface area contributed by atoms with Crippen molar-refractivity contribution in [2.24, 2.45) is 29.1 Å². The number of carbonyl (C=O) groups excluding carboxylic acids is 1. The number of aldehydes is 1. The van der Waals surface area contributed by atoms with Crippen LogP contribution in [0, 0.1) is 29.1 Å². The minimum absolute atomic E-state index is 0.423. The predicted octanol–water partition coefficient (Wildman–Crippen LogP) is 3.82. The van der Waals surface area contributed by atoms with Crippen LogP contribution in [0.5, 0.6) is 0 Å². The smallest absolute Gasteiger partial charge is 0.123 e. The molecule has 3 rings (SSSR count). The Labute approximate surface area is 99.0 Å². The summed E-state index contributed by atoms with van der Waals surface area (Å²) in [5, 5.41) is 0. The summed E-state index contributed by atoms with van der Waals surface area (Å²) in [6.07, 6.45) is 12.4. The fourth-order valence-electron chi connectivity index (χ4n) is 4.63. The SMILES string of the molecule is CC1CCC(C2CC3(CC(C=O)C3)C2)CC1. The van der Waals surface area contributed by atoms with E-state index in [1.54, 1.807) is 0 Å². The van der Waals surface area contributed by atoms with Crippen LogP contribution in [-0.4, -0.2) is 6.29 Å². The Morgan fingerprint density at radius 1 is 0.938 bits per heavy atom. The minimum Gasteiger partial charge on any atom is -0.303 e. The number of rotatable bonds is 2. The molecule has 3 aliphatic carbocycles. The number of carbonyl (C=O) groups is 1. The Bertz CT molecular complexity index is 261. The molecule has 0 N–H and O–H groups in total. The Morgan fingerprint density at radius 2 is 1.56 bits per heavy atom. The average Bonchev–Trinajstić information content (AvgIpc) is 2.17. The average molecular weight is 220 g/mol. The van der Waals surface area contributed by atoms with Gasteiger partial charge in [0, 0.05) is 5.92 Å². The molecule has 3 fully saturated rings.